The molecule has 1 aromatic heterocycles. The monoisotopic (exact) mass is 315 g/mol. The molecular weight excluding hydrogens is 304 g/mol. The zero-order valence-electron chi connectivity index (χ0n) is 12.0. The molecule has 2 aromatic rings. The smallest absolute Gasteiger partial charge is 0.481 e. The van der Waals surface area contributed by atoms with Gasteiger partial charge in [-0.1, -0.05) is 0 Å². The van der Waals surface area contributed by atoms with E-state index in [4.69, 9.17) is 24.1 Å². The Hall–Kier alpha value is -3.36. The van der Waals surface area contributed by atoms with Crippen LogP contribution in [0.2, 0.25) is 0 Å². The average Bonchev–Trinajstić information content (AvgIpc) is 3.24. The normalized spacial score (nSPS) is 14.8. The van der Waals surface area contributed by atoms with Crippen LogP contribution in [0.5, 0.6) is 11.5 Å². The summed E-state index contributed by atoms with van der Waals surface area (Å²) in [6.45, 7) is 0.169. The zero-order chi connectivity index (χ0) is 16.0. The molecule has 2 aliphatic heterocycles. The summed E-state index contributed by atoms with van der Waals surface area (Å²) in [6.07, 6.45) is 2.95. The van der Waals surface area contributed by atoms with Crippen LogP contribution in [0.25, 0.3) is 0 Å². The number of allylic oxidation sites excluding steroid dienone is 1. The van der Waals surface area contributed by atoms with Crippen LogP contribution in [0.1, 0.15) is 0 Å². The number of methoxy groups -OCH3 is 1. The van der Waals surface area contributed by atoms with E-state index in [0.717, 1.165) is 4.74 Å². The summed E-state index contributed by atoms with van der Waals surface area (Å²) in [5, 5.41) is 7.50. The molecule has 0 saturated carbocycles. The maximum atomic E-state index is 11.7. The fourth-order valence-electron chi connectivity index (χ4n) is 2.32. The van der Waals surface area contributed by atoms with Gasteiger partial charge in [0.2, 0.25) is 12.7 Å². The first kappa shape index (κ1) is 13.3. The molecule has 0 spiro atoms. The summed E-state index contributed by atoms with van der Waals surface area (Å²) in [6, 6.07) is 5.45. The summed E-state index contributed by atoms with van der Waals surface area (Å²) >= 11 is 0. The van der Waals surface area contributed by atoms with Crippen molar-refractivity contribution < 1.29 is 18.7 Å². The van der Waals surface area contributed by atoms with E-state index in [-0.39, 0.29) is 18.7 Å². The Bertz CT molecular complexity index is 937. The van der Waals surface area contributed by atoms with Gasteiger partial charge in [-0.3, -0.25) is 5.41 Å². The molecular formula is C14H11N4O5+. The maximum Gasteiger partial charge on any atom is 0.520 e. The quantitative estimate of drug-likeness (QED) is 0.511. The molecule has 0 atom stereocenters. The highest BCUT2D eigenvalue weighted by Crippen LogP contribution is 2.36. The van der Waals surface area contributed by atoms with Gasteiger partial charge in [0, 0.05) is 27.9 Å². The van der Waals surface area contributed by atoms with E-state index >= 15 is 0 Å². The van der Waals surface area contributed by atoms with Gasteiger partial charge in [0.05, 0.1) is 7.11 Å². The predicted molar refractivity (Wildman–Crippen MR) is 79.1 cm³/mol. The first-order chi connectivity index (χ1) is 11.2. The van der Waals surface area contributed by atoms with E-state index in [2.05, 4.69) is 4.98 Å². The van der Waals surface area contributed by atoms with Gasteiger partial charge in [-0.25, -0.2) is 9.32 Å². The van der Waals surface area contributed by atoms with E-state index in [0.29, 0.717) is 23.0 Å². The molecule has 2 aliphatic rings. The Morgan fingerprint density at radius 2 is 2.26 bits per heavy atom. The Balaban J connectivity index is 1.83. The second-order valence-corrected chi connectivity index (χ2v) is 4.70. The number of nitrogens with zero attached hydrogens (tertiary/aromatic N) is 3. The zero-order valence-corrected chi connectivity index (χ0v) is 12.0. The second kappa shape index (κ2) is 4.83. The van der Waals surface area contributed by atoms with Crippen molar-refractivity contribution in [3.63, 3.8) is 0 Å². The predicted octanol–water partition coefficient (Wildman–Crippen LogP) is 0.840. The maximum absolute atomic E-state index is 11.7. The molecule has 116 valence electrons. The van der Waals surface area contributed by atoms with Crippen molar-refractivity contribution in [1.82, 2.24) is 14.3 Å². The molecule has 2 bridgehead atoms. The SMILES string of the molecule is COC(=N)/C=C\C1=[N+](c2ccc3c(c2)OCO3)c2nc(=O)n1o2. The van der Waals surface area contributed by atoms with Gasteiger partial charge in [0.1, 0.15) is 5.69 Å². The van der Waals surface area contributed by atoms with Crippen LogP contribution in [0, 0.1) is 5.41 Å². The van der Waals surface area contributed by atoms with Crippen LogP contribution in [0.4, 0.5) is 11.7 Å². The molecule has 9 heteroatoms. The minimum Gasteiger partial charge on any atom is -0.481 e. The van der Waals surface area contributed by atoms with Gasteiger partial charge in [0.25, 0.3) is 5.84 Å². The molecule has 0 unspecified atom stereocenters. The van der Waals surface area contributed by atoms with Crippen molar-refractivity contribution >= 4 is 23.4 Å². The fourth-order valence-corrected chi connectivity index (χ4v) is 2.32. The van der Waals surface area contributed by atoms with Crippen LogP contribution >= 0.6 is 0 Å². The molecule has 0 saturated heterocycles. The highest BCUT2D eigenvalue weighted by molar-refractivity contribution is 6.02. The lowest BCUT2D eigenvalue weighted by Crippen LogP contribution is -2.31. The lowest BCUT2D eigenvalue weighted by Gasteiger charge is -2.03. The number of hydrogen-bond acceptors (Lipinski definition) is 7. The van der Waals surface area contributed by atoms with Crippen LogP contribution in [-0.4, -0.2) is 35.4 Å². The molecule has 0 aliphatic carbocycles. The molecule has 1 aromatic carbocycles. The van der Waals surface area contributed by atoms with Crippen molar-refractivity contribution in [3.05, 3.63) is 40.8 Å². The number of fused-ring (bicyclic) bond motifs is 3. The molecule has 0 fully saturated rings. The van der Waals surface area contributed by atoms with Crippen LogP contribution in [0.15, 0.2) is 39.7 Å². The van der Waals surface area contributed by atoms with Crippen LogP contribution in [-0.2, 0) is 4.74 Å². The number of benzene rings is 1. The highest BCUT2D eigenvalue weighted by Gasteiger charge is 2.37. The van der Waals surface area contributed by atoms with Crippen LogP contribution in [0.3, 0.4) is 0 Å². The Kier molecular flexibility index (Phi) is 2.80. The largest absolute Gasteiger partial charge is 0.520 e. The number of ether oxygens (including phenoxy) is 3. The Morgan fingerprint density at radius 1 is 1.43 bits per heavy atom. The van der Waals surface area contributed by atoms with E-state index < -0.39 is 5.69 Å². The van der Waals surface area contributed by atoms with Gasteiger partial charge in [-0.05, 0) is 12.1 Å². The van der Waals surface area contributed by atoms with Gasteiger partial charge in [-0.2, -0.15) is 4.58 Å². The minimum absolute atomic E-state index is 0.0542. The summed E-state index contributed by atoms with van der Waals surface area (Å²) in [5.41, 5.74) is 0.159. The molecule has 0 amide bonds. The second-order valence-electron chi connectivity index (χ2n) is 4.70. The number of hydrogen-bond donors (Lipinski definition) is 1. The van der Waals surface area contributed by atoms with E-state index in [1.807, 2.05) is 0 Å². The van der Waals surface area contributed by atoms with Crippen molar-refractivity contribution in [2.24, 2.45) is 0 Å². The first-order valence-corrected chi connectivity index (χ1v) is 6.65. The number of aromatic nitrogens is 2. The van der Waals surface area contributed by atoms with Crippen molar-refractivity contribution in [3.8, 4) is 11.5 Å². The van der Waals surface area contributed by atoms with Crippen molar-refractivity contribution in [2.45, 2.75) is 0 Å². The third-order valence-corrected chi connectivity index (χ3v) is 3.38. The number of rotatable bonds is 3. The summed E-state index contributed by atoms with van der Waals surface area (Å²) < 4.78 is 23.4. The molecule has 9 nitrogen and oxygen atoms in total. The number of nitrogens with one attached hydrogen (secondary N) is 1. The lowest BCUT2D eigenvalue weighted by atomic mass is 10.2. The molecule has 0 radical (unpaired) electrons. The first-order valence-electron chi connectivity index (χ1n) is 6.65. The molecule has 1 N–H and O–H groups in total. The summed E-state index contributed by atoms with van der Waals surface area (Å²) in [4.78, 5) is 15.5. The molecule has 3 heterocycles. The third kappa shape index (κ3) is 2.01. The van der Waals surface area contributed by atoms with Crippen LogP contribution < -0.4 is 19.7 Å². The third-order valence-electron chi connectivity index (χ3n) is 3.38. The van der Waals surface area contributed by atoms with E-state index in [9.17, 15) is 4.79 Å². The summed E-state index contributed by atoms with van der Waals surface area (Å²) in [5.74, 6) is 1.60. The van der Waals surface area contributed by atoms with Gasteiger partial charge < -0.3 is 14.2 Å². The van der Waals surface area contributed by atoms with Gasteiger partial charge in [-0.15, -0.1) is 0 Å². The van der Waals surface area contributed by atoms with Gasteiger partial charge in [0.15, 0.2) is 11.5 Å². The van der Waals surface area contributed by atoms with Crippen molar-refractivity contribution in [1.29, 1.82) is 5.41 Å². The Labute approximate surface area is 129 Å². The van der Waals surface area contributed by atoms with Crippen molar-refractivity contribution in [2.75, 3.05) is 13.9 Å². The minimum atomic E-state index is -0.527. The fraction of sp³-hybridized carbons (Fsp3) is 0.143. The van der Waals surface area contributed by atoms with E-state index in [1.165, 1.54) is 19.3 Å². The molecule has 4 rings (SSSR count). The lowest BCUT2D eigenvalue weighted by molar-refractivity contribution is 0.174. The van der Waals surface area contributed by atoms with E-state index in [1.54, 1.807) is 22.8 Å². The Morgan fingerprint density at radius 3 is 3.09 bits per heavy atom. The standard InChI is InChI=1S/C14H11N4O5/c1-20-11(15)4-5-12-17(14-16-13(19)18(12)23-14)8-2-3-9-10(6-8)22-7-21-9/h2-6,15H,7H2,1H3/q+1/b5-4-,15-11?. The summed E-state index contributed by atoms with van der Waals surface area (Å²) in [7, 11) is 1.39. The highest BCUT2D eigenvalue weighted by atomic mass is 16.7. The topological polar surface area (TPSA) is 103 Å². The average molecular weight is 315 g/mol. The van der Waals surface area contributed by atoms with Gasteiger partial charge >= 0.3 is 11.7 Å². The molecule has 23 heavy (non-hydrogen) atoms.